The predicted molar refractivity (Wildman–Crippen MR) is 139 cm³/mol. The number of allylic oxidation sites excluding steroid dienone is 1. The van der Waals surface area contributed by atoms with Crippen molar-refractivity contribution in [2.75, 3.05) is 0 Å². The molecule has 38 heavy (non-hydrogen) atoms. The standard InChI is InChI=1S/C31H23FN2O4/c1-19-6-2-4-8-24(19)31(35)37-23-14-15-25-28(16-23)38-30(34)26(17-33)29(25)20-10-12-22(13-11-20)36-18-21-7-3-5-9-27(21)32/h2-16,29H,18,34H2,1H3. The maximum absolute atomic E-state index is 13.9. The molecule has 4 aromatic carbocycles. The summed E-state index contributed by atoms with van der Waals surface area (Å²) in [5.41, 5.74) is 9.60. The van der Waals surface area contributed by atoms with Gasteiger partial charge in [-0.25, -0.2) is 9.18 Å². The molecule has 2 N–H and O–H groups in total. The third-order valence-electron chi connectivity index (χ3n) is 6.33. The molecule has 4 aromatic rings. The molecule has 188 valence electrons. The number of benzene rings is 4. The zero-order chi connectivity index (χ0) is 26.6. The summed E-state index contributed by atoms with van der Waals surface area (Å²) in [7, 11) is 0. The summed E-state index contributed by atoms with van der Waals surface area (Å²) in [4.78, 5) is 12.7. The van der Waals surface area contributed by atoms with Crippen LogP contribution in [0.5, 0.6) is 17.2 Å². The van der Waals surface area contributed by atoms with Gasteiger partial charge in [0.2, 0.25) is 5.88 Å². The molecule has 1 unspecified atom stereocenters. The summed E-state index contributed by atoms with van der Waals surface area (Å²) < 4.78 is 31.0. The van der Waals surface area contributed by atoms with Crippen LogP contribution < -0.4 is 19.9 Å². The summed E-state index contributed by atoms with van der Waals surface area (Å²) in [6.45, 7) is 1.93. The van der Waals surface area contributed by atoms with E-state index < -0.39 is 11.9 Å². The zero-order valence-electron chi connectivity index (χ0n) is 20.5. The number of rotatable bonds is 6. The van der Waals surface area contributed by atoms with Crippen molar-refractivity contribution in [3.63, 3.8) is 0 Å². The molecular formula is C31H23FN2O4. The lowest BCUT2D eigenvalue weighted by molar-refractivity contribution is 0.0733. The highest BCUT2D eigenvalue weighted by Crippen LogP contribution is 2.43. The van der Waals surface area contributed by atoms with Gasteiger partial charge in [0.1, 0.15) is 41.3 Å². The van der Waals surface area contributed by atoms with Crippen LogP contribution in [0.1, 0.15) is 38.5 Å². The van der Waals surface area contributed by atoms with E-state index in [1.807, 2.05) is 31.2 Å². The second kappa shape index (κ2) is 10.5. The number of ether oxygens (including phenoxy) is 3. The highest BCUT2D eigenvalue weighted by atomic mass is 19.1. The topological polar surface area (TPSA) is 94.6 Å². The lowest BCUT2D eigenvalue weighted by Gasteiger charge is -2.27. The first-order valence-electron chi connectivity index (χ1n) is 11.9. The minimum atomic E-state index is -0.495. The van der Waals surface area contributed by atoms with Gasteiger partial charge in [0.25, 0.3) is 0 Å². The largest absolute Gasteiger partial charge is 0.489 e. The first-order valence-corrected chi connectivity index (χ1v) is 11.9. The normalized spacial score (nSPS) is 14.2. The van der Waals surface area contributed by atoms with Crippen LogP contribution in [0.2, 0.25) is 0 Å². The van der Waals surface area contributed by atoms with Gasteiger partial charge in [-0.1, -0.05) is 54.6 Å². The Kier molecular flexibility index (Phi) is 6.79. The minimum absolute atomic E-state index is 0.0211. The zero-order valence-corrected chi connectivity index (χ0v) is 20.5. The predicted octanol–water partition coefficient (Wildman–Crippen LogP) is 6.15. The van der Waals surface area contributed by atoms with Crippen LogP contribution in [-0.2, 0) is 6.61 Å². The molecule has 1 aliphatic rings. The third-order valence-corrected chi connectivity index (χ3v) is 6.33. The molecule has 0 saturated carbocycles. The molecule has 0 radical (unpaired) electrons. The first kappa shape index (κ1) is 24.6. The smallest absolute Gasteiger partial charge is 0.343 e. The van der Waals surface area contributed by atoms with Gasteiger partial charge in [-0.15, -0.1) is 0 Å². The average Bonchev–Trinajstić information content (AvgIpc) is 2.92. The summed E-state index contributed by atoms with van der Waals surface area (Å²) >= 11 is 0. The quantitative estimate of drug-likeness (QED) is 0.249. The Labute approximate surface area is 219 Å². The third kappa shape index (κ3) is 4.93. The van der Waals surface area contributed by atoms with Gasteiger partial charge in [-0.2, -0.15) is 5.26 Å². The molecule has 0 bridgehead atoms. The molecular weight excluding hydrogens is 483 g/mol. The van der Waals surface area contributed by atoms with Gasteiger partial charge in [0.05, 0.1) is 11.5 Å². The van der Waals surface area contributed by atoms with Crippen molar-refractivity contribution in [2.24, 2.45) is 5.73 Å². The fraction of sp³-hybridized carbons (Fsp3) is 0.0968. The Morgan fingerprint density at radius 2 is 1.71 bits per heavy atom. The molecule has 0 fully saturated rings. The van der Waals surface area contributed by atoms with Crippen LogP contribution in [0.15, 0.2) is 102 Å². The number of nitriles is 1. The second-order valence-corrected chi connectivity index (χ2v) is 8.78. The van der Waals surface area contributed by atoms with Gasteiger partial charge in [0, 0.05) is 17.2 Å². The Hall–Kier alpha value is -5.09. The number of carbonyl (C=O) groups excluding carboxylic acids is 1. The van der Waals surface area contributed by atoms with Crippen LogP contribution in [0.25, 0.3) is 0 Å². The molecule has 1 heterocycles. The van der Waals surface area contributed by atoms with Crippen molar-refractivity contribution < 1.29 is 23.4 Å². The Morgan fingerprint density at radius 3 is 2.45 bits per heavy atom. The lowest BCUT2D eigenvalue weighted by Crippen LogP contribution is -2.21. The molecule has 7 heteroatoms. The van der Waals surface area contributed by atoms with E-state index in [4.69, 9.17) is 19.9 Å². The Morgan fingerprint density at radius 1 is 1.00 bits per heavy atom. The van der Waals surface area contributed by atoms with E-state index >= 15 is 0 Å². The molecule has 0 spiro atoms. The van der Waals surface area contributed by atoms with E-state index in [2.05, 4.69) is 6.07 Å². The van der Waals surface area contributed by atoms with Crippen LogP contribution in [0.4, 0.5) is 4.39 Å². The van der Waals surface area contributed by atoms with Crippen LogP contribution in [0.3, 0.4) is 0 Å². The number of halogens is 1. The number of carbonyl (C=O) groups is 1. The molecule has 1 atom stereocenters. The van der Waals surface area contributed by atoms with E-state index in [9.17, 15) is 14.4 Å². The number of nitrogens with zero attached hydrogens (tertiary/aromatic N) is 1. The maximum Gasteiger partial charge on any atom is 0.343 e. The molecule has 0 aromatic heterocycles. The van der Waals surface area contributed by atoms with Crippen LogP contribution in [-0.4, -0.2) is 5.97 Å². The van der Waals surface area contributed by atoms with Crippen molar-refractivity contribution >= 4 is 5.97 Å². The summed E-state index contributed by atoms with van der Waals surface area (Å²) in [6, 6.07) is 27.9. The number of aryl methyl sites for hydroxylation is 1. The maximum atomic E-state index is 13.9. The number of fused-ring (bicyclic) bond motifs is 1. The second-order valence-electron chi connectivity index (χ2n) is 8.78. The average molecular weight is 507 g/mol. The van der Waals surface area contributed by atoms with Crippen molar-refractivity contribution in [1.29, 1.82) is 5.26 Å². The summed E-state index contributed by atoms with van der Waals surface area (Å²) in [5, 5.41) is 9.84. The van der Waals surface area contributed by atoms with E-state index in [0.29, 0.717) is 33.9 Å². The van der Waals surface area contributed by atoms with E-state index in [0.717, 1.165) is 11.1 Å². The van der Waals surface area contributed by atoms with Gasteiger partial charge >= 0.3 is 5.97 Å². The van der Waals surface area contributed by atoms with Crippen molar-refractivity contribution in [3.05, 3.63) is 136 Å². The summed E-state index contributed by atoms with van der Waals surface area (Å²) in [5.74, 6) is -0.0907. The fourth-order valence-corrected chi connectivity index (χ4v) is 4.34. The molecule has 0 amide bonds. The number of hydrogen-bond acceptors (Lipinski definition) is 6. The van der Waals surface area contributed by atoms with Crippen molar-refractivity contribution in [2.45, 2.75) is 19.4 Å². The highest BCUT2D eigenvalue weighted by molar-refractivity contribution is 5.92. The first-order chi connectivity index (χ1) is 18.4. The van der Waals surface area contributed by atoms with E-state index in [-0.39, 0.29) is 23.9 Å². The SMILES string of the molecule is Cc1ccccc1C(=O)Oc1ccc2c(c1)OC(N)=C(C#N)C2c1ccc(OCc2ccccc2F)cc1. The van der Waals surface area contributed by atoms with Gasteiger partial charge < -0.3 is 19.9 Å². The van der Waals surface area contributed by atoms with Gasteiger partial charge in [0.15, 0.2) is 0 Å². The van der Waals surface area contributed by atoms with Crippen molar-refractivity contribution in [3.8, 4) is 23.3 Å². The number of nitrogens with two attached hydrogens (primary N) is 1. The fourth-order valence-electron chi connectivity index (χ4n) is 4.34. The summed E-state index contributed by atoms with van der Waals surface area (Å²) in [6.07, 6.45) is 0. The molecule has 6 nitrogen and oxygen atoms in total. The number of esters is 1. The minimum Gasteiger partial charge on any atom is -0.489 e. The Balaban J connectivity index is 1.39. The molecule has 1 aliphatic heterocycles. The molecule has 0 aliphatic carbocycles. The van der Waals surface area contributed by atoms with Crippen LogP contribution in [0, 0.1) is 24.1 Å². The molecule has 0 saturated heterocycles. The van der Waals surface area contributed by atoms with Crippen LogP contribution >= 0.6 is 0 Å². The van der Waals surface area contributed by atoms with Gasteiger partial charge in [-0.05, 0) is 48.4 Å². The lowest BCUT2D eigenvalue weighted by atomic mass is 9.83. The van der Waals surface area contributed by atoms with Crippen molar-refractivity contribution in [1.82, 2.24) is 0 Å². The monoisotopic (exact) mass is 506 g/mol. The Bertz CT molecular complexity index is 1590. The van der Waals surface area contributed by atoms with Gasteiger partial charge in [-0.3, -0.25) is 0 Å². The highest BCUT2D eigenvalue weighted by Gasteiger charge is 2.31. The number of hydrogen-bond donors (Lipinski definition) is 1. The van der Waals surface area contributed by atoms with E-state index in [1.54, 1.807) is 60.7 Å². The van der Waals surface area contributed by atoms with E-state index in [1.165, 1.54) is 6.07 Å². The molecule has 5 rings (SSSR count).